The molecule has 0 radical (unpaired) electrons. The van der Waals surface area contributed by atoms with Gasteiger partial charge in [-0.3, -0.25) is 9.59 Å². The van der Waals surface area contributed by atoms with Crippen molar-refractivity contribution in [1.29, 1.82) is 0 Å². The molecule has 7 heteroatoms. The fraction of sp³-hybridized carbons (Fsp3) is 0.176. The van der Waals surface area contributed by atoms with E-state index in [-0.39, 0.29) is 12.3 Å². The molecular weight excluding hydrogens is 351 g/mol. The summed E-state index contributed by atoms with van der Waals surface area (Å²) < 4.78 is 5.51. The van der Waals surface area contributed by atoms with E-state index in [0.29, 0.717) is 40.1 Å². The van der Waals surface area contributed by atoms with Gasteiger partial charge in [-0.15, -0.1) is 0 Å². The van der Waals surface area contributed by atoms with Crippen LogP contribution < -0.4 is 15.8 Å². The normalized spacial score (nSPS) is 10.2. The minimum Gasteiger partial charge on any atom is -0.492 e. The van der Waals surface area contributed by atoms with Crippen molar-refractivity contribution in [3.8, 4) is 5.75 Å². The maximum Gasteiger partial charge on any atom is 0.248 e. The molecule has 5 nitrogen and oxygen atoms in total. The van der Waals surface area contributed by atoms with Crippen molar-refractivity contribution < 1.29 is 14.3 Å². The number of hydrogen-bond donors (Lipinski definition) is 2. The molecule has 2 rings (SSSR count). The van der Waals surface area contributed by atoms with Crippen molar-refractivity contribution >= 4 is 40.7 Å². The summed E-state index contributed by atoms with van der Waals surface area (Å²) in [5.41, 5.74) is 6.07. The van der Waals surface area contributed by atoms with Gasteiger partial charge in [0.25, 0.3) is 0 Å². The van der Waals surface area contributed by atoms with Crippen LogP contribution in [0.15, 0.2) is 42.5 Å². The van der Waals surface area contributed by atoms with Gasteiger partial charge in [-0.05, 0) is 42.8 Å². The second-order valence-electron chi connectivity index (χ2n) is 5.02. The highest BCUT2D eigenvalue weighted by Crippen LogP contribution is 2.27. The number of benzene rings is 2. The molecule has 0 atom stereocenters. The van der Waals surface area contributed by atoms with Gasteiger partial charge in [0, 0.05) is 22.7 Å². The van der Waals surface area contributed by atoms with Crippen molar-refractivity contribution in [3.63, 3.8) is 0 Å². The summed E-state index contributed by atoms with van der Waals surface area (Å²) in [5, 5.41) is 3.67. The van der Waals surface area contributed by atoms with Gasteiger partial charge in [0.2, 0.25) is 11.8 Å². The van der Waals surface area contributed by atoms with Gasteiger partial charge in [0.05, 0.1) is 11.6 Å². The van der Waals surface area contributed by atoms with Crippen LogP contribution in [0, 0.1) is 0 Å². The molecule has 0 fully saturated rings. The topological polar surface area (TPSA) is 81.4 Å². The molecule has 2 aromatic rings. The Morgan fingerprint density at radius 3 is 2.62 bits per heavy atom. The first kappa shape index (κ1) is 18.1. The summed E-state index contributed by atoms with van der Waals surface area (Å²) >= 11 is 11.8. The molecule has 0 aromatic heterocycles. The lowest BCUT2D eigenvalue weighted by atomic mass is 10.2. The molecule has 0 heterocycles. The first-order chi connectivity index (χ1) is 11.5. The van der Waals surface area contributed by atoms with E-state index in [4.69, 9.17) is 33.7 Å². The van der Waals surface area contributed by atoms with Crippen molar-refractivity contribution in [1.82, 2.24) is 0 Å². The Hall–Kier alpha value is -2.24. The second-order valence-corrected chi connectivity index (χ2v) is 5.86. The Morgan fingerprint density at radius 1 is 1.12 bits per heavy atom. The summed E-state index contributed by atoms with van der Waals surface area (Å²) in [6.45, 7) is 0.343. The molecule has 126 valence electrons. The first-order valence-electron chi connectivity index (χ1n) is 7.23. The molecule has 0 unspecified atom stereocenters. The van der Waals surface area contributed by atoms with Gasteiger partial charge in [0.15, 0.2) is 0 Å². The number of anilines is 1. The third-order valence-corrected chi connectivity index (χ3v) is 3.66. The van der Waals surface area contributed by atoms with Gasteiger partial charge in [0.1, 0.15) is 5.75 Å². The molecule has 0 aliphatic rings. The summed E-state index contributed by atoms with van der Waals surface area (Å²) in [7, 11) is 0. The SMILES string of the molecule is NC(=O)c1cccc(NC(=O)CCCOc2ccc(Cl)cc2Cl)c1. The standard InChI is InChI=1S/C17H16Cl2N2O3/c18-12-6-7-15(14(19)10-12)24-8-2-5-16(22)21-13-4-1-3-11(9-13)17(20)23/h1,3-4,6-7,9-10H,2,5,8H2,(H2,20,23)(H,21,22). The van der Waals surface area contributed by atoms with Gasteiger partial charge in [-0.1, -0.05) is 29.3 Å². The molecule has 2 aromatic carbocycles. The van der Waals surface area contributed by atoms with E-state index < -0.39 is 5.91 Å². The average Bonchev–Trinajstić information content (AvgIpc) is 2.53. The van der Waals surface area contributed by atoms with E-state index in [0.717, 1.165) is 0 Å². The van der Waals surface area contributed by atoms with Crippen LogP contribution >= 0.6 is 23.2 Å². The Kier molecular flexibility index (Phi) is 6.46. The number of halogens is 2. The van der Waals surface area contributed by atoms with Crippen LogP contribution in [0.2, 0.25) is 10.0 Å². The number of hydrogen-bond acceptors (Lipinski definition) is 3. The quantitative estimate of drug-likeness (QED) is 0.729. The Labute approximate surface area is 149 Å². The lowest BCUT2D eigenvalue weighted by molar-refractivity contribution is -0.116. The summed E-state index contributed by atoms with van der Waals surface area (Å²) in [4.78, 5) is 23.0. The van der Waals surface area contributed by atoms with Crippen LogP contribution in [0.25, 0.3) is 0 Å². The molecule has 0 spiro atoms. The molecule has 2 amide bonds. The lowest BCUT2D eigenvalue weighted by Crippen LogP contribution is -2.15. The number of nitrogens with one attached hydrogen (secondary N) is 1. The van der Waals surface area contributed by atoms with E-state index in [1.807, 2.05) is 0 Å². The van der Waals surface area contributed by atoms with Gasteiger partial charge in [-0.25, -0.2) is 0 Å². The molecule has 0 bridgehead atoms. The van der Waals surface area contributed by atoms with Crippen molar-refractivity contribution in [3.05, 3.63) is 58.1 Å². The molecule has 0 aliphatic carbocycles. The molecule has 24 heavy (non-hydrogen) atoms. The summed E-state index contributed by atoms with van der Waals surface area (Å²) in [6, 6.07) is 11.4. The number of nitrogens with two attached hydrogens (primary N) is 1. The number of primary amides is 1. The van der Waals surface area contributed by atoms with E-state index in [1.54, 1.807) is 36.4 Å². The summed E-state index contributed by atoms with van der Waals surface area (Å²) in [6.07, 6.45) is 0.784. The van der Waals surface area contributed by atoms with E-state index in [9.17, 15) is 9.59 Å². The predicted molar refractivity (Wildman–Crippen MR) is 94.8 cm³/mol. The minimum atomic E-state index is -0.542. The van der Waals surface area contributed by atoms with Crippen LogP contribution in [0.1, 0.15) is 23.2 Å². The first-order valence-corrected chi connectivity index (χ1v) is 7.99. The van der Waals surface area contributed by atoms with Crippen LogP contribution in [0.3, 0.4) is 0 Å². The highest BCUT2D eigenvalue weighted by Gasteiger charge is 2.06. The predicted octanol–water partition coefficient (Wildman–Crippen LogP) is 3.89. The monoisotopic (exact) mass is 366 g/mol. The highest BCUT2D eigenvalue weighted by molar-refractivity contribution is 6.35. The van der Waals surface area contributed by atoms with Gasteiger partial charge < -0.3 is 15.8 Å². The van der Waals surface area contributed by atoms with Crippen LogP contribution in [0.4, 0.5) is 5.69 Å². The largest absolute Gasteiger partial charge is 0.492 e. The second kappa shape index (κ2) is 8.57. The Morgan fingerprint density at radius 2 is 1.92 bits per heavy atom. The van der Waals surface area contributed by atoms with Crippen molar-refractivity contribution in [2.45, 2.75) is 12.8 Å². The average molecular weight is 367 g/mol. The maximum atomic E-state index is 11.9. The van der Waals surface area contributed by atoms with Crippen LogP contribution in [0.5, 0.6) is 5.75 Å². The number of amides is 2. The third-order valence-electron chi connectivity index (χ3n) is 3.13. The number of ether oxygens (including phenoxy) is 1. The highest BCUT2D eigenvalue weighted by atomic mass is 35.5. The number of carbonyl (C=O) groups is 2. The number of rotatable bonds is 7. The molecular formula is C17H16Cl2N2O3. The van der Waals surface area contributed by atoms with Crippen LogP contribution in [-0.4, -0.2) is 18.4 Å². The maximum absolute atomic E-state index is 11.9. The fourth-order valence-corrected chi connectivity index (χ4v) is 2.44. The molecule has 0 saturated heterocycles. The smallest absolute Gasteiger partial charge is 0.248 e. The van der Waals surface area contributed by atoms with E-state index >= 15 is 0 Å². The Balaban J connectivity index is 1.77. The van der Waals surface area contributed by atoms with Crippen LogP contribution in [-0.2, 0) is 4.79 Å². The molecule has 3 N–H and O–H groups in total. The fourth-order valence-electron chi connectivity index (χ4n) is 1.98. The van der Waals surface area contributed by atoms with Gasteiger partial charge in [-0.2, -0.15) is 0 Å². The van der Waals surface area contributed by atoms with Gasteiger partial charge >= 0.3 is 0 Å². The minimum absolute atomic E-state index is 0.178. The Bertz CT molecular complexity index is 750. The zero-order chi connectivity index (χ0) is 17.5. The molecule has 0 saturated carbocycles. The number of carbonyl (C=O) groups excluding carboxylic acids is 2. The van der Waals surface area contributed by atoms with E-state index in [1.165, 1.54) is 6.07 Å². The van der Waals surface area contributed by atoms with Crippen molar-refractivity contribution in [2.24, 2.45) is 5.73 Å². The third kappa shape index (κ3) is 5.44. The summed E-state index contributed by atoms with van der Waals surface area (Å²) in [5.74, 6) is -0.197. The van der Waals surface area contributed by atoms with Crippen molar-refractivity contribution in [2.75, 3.05) is 11.9 Å². The lowest BCUT2D eigenvalue weighted by Gasteiger charge is -2.09. The zero-order valence-corrected chi connectivity index (χ0v) is 14.2. The zero-order valence-electron chi connectivity index (χ0n) is 12.7. The molecule has 0 aliphatic heterocycles. The van der Waals surface area contributed by atoms with E-state index in [2.05, 4.69) is 5.32 Å².